The van der Waals surface area contributed by atoms with E-state index in [0.717, 1.165) is 6.42 Å². The van der Waals surface area contributed by atoms with Gasteiger partial charge in [-0.1, -0.05) is 13.8 Å². The lowest BCUT2D eigenvalue weighted by Crippen LogP contribution is -2.14. The molecule has 0 fully saturated rings. The summed E-state index contributed by atoms with van der Waals surface area (Å²) in [6, 6.07) is 0. The molecule has 0 rings (SSSR count). The van der Waals surface area contributed by atoms with E-state index in [-0.39, 0.29) is 19.4 Å². The molecule has 0 bridgehead atoms. The van der Waals surface area contributed by atoms with Gasteiger partial charge in [0.1, 0.15) is 0 Å². The van der Waals surface area contributed by atoms with E-state index in [1.54, 1.807) is 6.92 Å². The maximum absolute atomic E-state index is 11.0. The molecule has 0 N–H and O–H groups in total. The van der Waals surface area contributed by atoms with Crippen LogP contribution >= 0.6 is 0 Å². The first-order chi connectivity index (χ1) is 7.06. The highest BCUT2D eigenvalue weighted by atomic mass is 16.8. The van der Waals surface area contributed by atoms with Crippen LogP contribution in [0.3, 0.4) is 0 Å². The van der Waals surface area contributed by atoms with Crippen molar-refractivity contribution >= 4 is 12.1 Å². The molecule has 0 aliphatic carbocycles. The highest BCUT2D eigenvalue weighted by Gasteiger charge is 2.07. The van der Waals surface area contributed by atoms with Gasteiger partial charge >= 0.3 is 12.1 Å². The molecule has 0 heterocycles. The van der Waals surface area contributed by atoms with Crippen molar-refractivity contribution in [2.75, 3.05) is 13.4 Å². The largest absolute Gasteiger partial charge is 0.511 e. The number of ether oxygens (including phenoxy) is 3. The quantitative estimate of drug-likeness (QED) is 0.504. The molecule has 0 spiro atoms. The number of carbonyl (C=O) groups excluding carboxylic acids is 2. The molecule has 5 heteroatoms. The maximum atomic E-state index is 11.0. The van der Waals surface area contributed by atoms with Gasteiger partial charge in [-0.25, -0.2) is 4.79 Å². The molecular formula is C10H18O5. The Labute approximate surface area is 89.7 Å². The summed E-state index contributed by atoms with van der Waals surface area (Å²) in [5, 5.41) is 0. The first kappa shape index (κ1) is 13.7. The zero-order valence-electron chi connectivity index (χ0n) is 9.45. The van der Waals surface area contributed by atoms with E-state index in [1.807, 2.05) is 13.8 Å². The molecule has 0 unspecified atom stereocenters. The standard InChI is InChI=1S/C10H18O5/c1-4-13-10(12)15-7-14-9(11)6-5-8(2)3/h8H,4-7H2,1-3H3. The number of hydrogen-bond donors (Lipinski definition) is 0. The Bertz CT molecular complexity index is 200. The fraction of sp³-hybridized carbons (Fsp3) is 0.800. The van der Waals surface area contributed by atoms with Gasteiger partial charge < -0.3 is 14.2 Å². The zero-order chi connectivity index (χ0) is 11.7. The molecule has 0 atom stereocenters. The Morgan fingerprint density at radius 3 is 2.33 bits per heavy atom. The van der Waals surface area contributed by atoms with E-state index >= 15 is 0 Å². The molecule has 5 nitrogen and oxygen atoms in total. The summed E-state index contributed by atoms with van der Waals surface area (Å²) < 4.78 is 13.6. The lowest BCUT2D eigenvalue weighted by Gasteiger charge is -2.06. The second-order valence-electron chi connectivity index (χ2n) is 3.39. The molecule has 0 saturated carbocycles. The fourth-order valence-corrected chi connectivity index (χ4v) is 0.782. The van der Waals surface area contributed by atoms with Crippen LogP contribution in [0.5, 0.6) is 0 Å². The Morgan fingerprint density at radius 1 is 1.13 bits per heavy atom. The van der Waals surface area contributed by atoms with Crippen LogP contribution in [0.25, 0.3) is 0 Å². The highest BCUT2D eigenvalue weighted by molar-refractivity contribution is 5.69. The van der Waals surface area contributed by atoms with Gasteiger partial charge in [-0.05, 0) is 19.3 Å². The minimum Gasteiger partial charge on any atom is -0.435 e. The summed E-state index contributed by atoms with van der Waals surface area (Å²) in [4.78, 5) is 21.7. The van der Waals surface area contributed by atoms with Crippen molar-refractivity contribution in [3.05, 3.63) is 0 Å². The molecule has 0 aromatic rings. The normalized spacial score (nSPS) is 9.87. The highest BCUT2D eigenvalue weighted by Crippen LogP contribution is 2.04. The number of hydrogen-bond acceptors (Lipinski definition) is 5. The van der Waals surface area contributed by atoms with Gasteiger partial charge in [0, 0.05) is 6.42 Å². The molecule has 0 saturated heterocycles. The van der Waals surface area contributed by atoms with Gasteiger partial charge in [0.2, 0.25) is 6.79 Å². The summed E-state index contributed by atoms with van der Waals surface area (Å²) in [6.07, 6.45) is 0.274. The Kier molecular flexibility index (Phi) is 7.40. The SMILES string of the molecule is CCOC(=O)OCOC(=O)CCC(C)C. The average molecular weight is 218 g/mol. The predicted octanol–water partition coefficient (Wildman–Crippen LogP) is 2.10. The maximum Gasteiger partial charge on any atom is 0.511 e. The van der Waals surface area contributed by atoms with Gasteiger partial charge in [-0.2, -0.15) is 0 Å². The third kappa shape index (κ3) is 9.05. The van der Waals surface area contributed by atoms with Crippen LogP contribution in [0.15, 0.2) is 0 Å². The van der Waals surface area contributed by atoms with Crippen LogP contribution < -0.4 is 0 Å². The van der Waals surface area contributed by atoms with E-state index in [0.29, 0.717) is 12.3 Å². The van der Waals surface area contributed by atoms with Crippen molar-refractivity contribution in [3.63, 3.8) is 0 Å². The van der Waals surface area contributed by atoms with Crippen LogP contribution in [-0.4, -0.2) is 25.5 Å². The van der Waals surface area contributed by atoms with Gasteiger partial charge in [0.25, 0.3) is 0 Å². The molecular weight excluding hydrogens is 200 g/mol. The third-order valence-corrected chi connectivity index (χ3v) is 1.58. The number of rotatable bonds is 6. The topological polar surface area (TPSA) is 61.8 Å². The summed E-state index contributed by atoms with van der Waals surface area (Å²) in [7, 11) is 0. The lowest BCUT2D eigenvalue weighted by molar-refractivity contribution is -0.153. The monoisotopic (exact) mass is 218 g/mol. The van der Waals surface area contributed by atoms with Gasteiger partial charge in [-0.15, -0.1) is 0 Å². The van der Waals surface area contributed by atoms with Crippen molar-refractivity contribution in [2.24, 2.45) is 5.92 Å². The first-order valence-electron chi connectivity index (χ1n) is 5.01. The van der Waals surface area contributed by atoms with Crippen LogP contribution in [0.1, 0.15) is 33.6 Å². The fourth-order valence-electron chi connectivity index (χ4n) is 0.782. The lowest BCUT2D eigenvalue weighted by atomic mass is 10.1. The van der Waals surface area contributed by atoms with Gasteiger partial charge in [0.05, 0.1) is 6.61 Å². The predicted molar refractivity (Wildman–Crippen MR) is 53.1 cm³/mol. The van der Waals surface area contributed by atoms with Crippen molar-refractivity contribution in [1.29, 1.82) is 0 Å². The number of esters is 1. The van der Waals surface area contributed by atoms with E-state index in [4.69, 9.17) is 0 Å². The third-order valence-electron chi connectivity index (χ3n) is 1.58. The van der Waals surface area contributed by atoms with Crippen LogP contribution in [-0.2, 0) is 19.0 Å². The van der Waals surface area contributed by atoms with E-state index in [2.05, 4.69) is 14.2 Å². The Morgan fingerprint density at radius 2 is 1.80 bits per heavy atom. The van der Waals surface area contributed by atoms with Crippen LogP contribution in [0, 0.1) is 5.92 Å². The van der Waals surface area contributed by atoms with E-state index in [1.165, 1.54) is 0 Å². The molecule has 0 aliphatic rings. The van der Waals surface area contributed by atoms with Crippen molar-refractivity contribution in [1.82, 2.24) is 0 Å². The first-order valence-corrected chi connectivity index (χ1v) is 5.01. The Balaban J connectivity index is 3.42. The van der Waals surface area contributed by atoms with E-state index in [9.17, 15) is 9.59 Å². The average Bonchev–Trinajstić information content (AvgIpc) is 2.15. The molecule has 88 valence electrons. The summed E-state index contributed by atoms with van der Waals surface area (Å²) >= 11 is 0. The second-order valence-corrected chi connectivity index (χ2v) is 3.39. The summed E-state index contributed by atoms with van der Waals surface area (Å²) in [5.41, 5.74) is 0. The number of carbonyl (C=O) groups is 2. The van der Waals surface area contributed by atoms with Gasteiger partial charge in [-0.3, -0.25) is 4.79 Å². The molecule has 0 amide bonds. The molecule has 0 aromatic heterocycles. The minimum absolute atomic E-state index is 0.236. The van der Waals surface area contributed by atoms with Crippen LogP contribution in [0.4, 0.5) is 4.79 Å². The van der Waals surface area contributed by atoms with Gasteiger partial charge in [0.15, 0.2) is 0 Å². The van der Waals surface area contributed by atoms with Crippen molar-refractivity contribution < 1.29 is 23.8 Å². The molecule has 0 aromatic carbocycles. The molecule has 0 radical (unpaired) electrons. The van der Waals surface area contributed by atoms with Crippen molar-refractivity contribution in [3.8, 4) is 0 Å². The summed E-state index contributed by atoms with van der Waals surface area (Å²) in [6.45, 7) is 5.55. The summed E-state index contributed by atoms with van der Waals surface area (Å²) in [5.74, 6) is 0.0801. The second kappa shape index (κ2) is 8.08. The molecule has 0 aliphatic heterocycles. The smallest absolute Gasteiger partial charge is 0.435 e. The van der Waals surface area contributed by atoms with Crippen LogP contribution in [0.2, 0.25) is 0 Å². The zero-order valence-corrected chi connectivity index (χ0v) is 9.45. The molecule has 15 heavy (non-hydrogen) atoms. The van der Waals surface area contributed by atoms with E-state index < -0.39 is 6.16 Å². The Hall–Kier alpha value is -1.26. The minimum atomic E-state index is -0.825. The van der Waals surface area contributed by atoms with Crippen molar-refractivity contribution in [2.45, 2.75) is 33.6 Å².